The normalized spacial score (nSPS) is 10.7. The van der Waals surface area contributed by atoms with Crippen molar-refractivity contribution in [3.63, 3.8) is 0 Å². The molecule has 0 aliphatic carbocycles. The number of pyridine rings is 1. The van der Waals surface area contributed by atoms with E-state index in [0.717, 1.165) is 12.1 Å². The van der Waals surface area contributed by atoms with Crippen molar-refractivity contribution >= 4 is 5.97 Å². The summed E-state index contributed by atoms with van der Waals surface area (Å²) in [6.07, 6.45) is -5.67. The lowest BCUT2D eigenvalue weighted by atomic mass is 10.2. The molecule has 0 aliphatic heterocycles. The average Bonchev–Trinajstić information content (AvgIpc) is 2.17. The third-order valence-electron chi connectivity index (χ3n) is 1.61. The van der Waals surface area contributed by atoms with Crippen LogP contribution in [0, 0.1) is 11.3 Å². The summed E-state index contributed by atoms with van der Waals surface area (Å²) < 4.78 is 39.6. The molecule has 90 valence electrons. The van der Waals surface area contributed by atoms with Crippen molar-refractivity contribution < 1.29 is 27.8 Å². The summed E-state index contributed by atoms with van der Waals surface area (Å²) in [7, 11) is 0. The summed E-state index contributed by atoms with van der Waals surface area (Å²) in [5, 5.41) is 17.0. The first-order chi connectivity index (χ1) is 7.81. The maximum atomic E-state index is 12.0. The van der Waals surface area contributed by atoms with Gasteiger partial charge in [0.25, 0.3) is 0 Å². The molecular formula is C9H5F3N2O3. The predicted molar refractivity (Wildman–Crippen MR) is 47.0 cm³/mol. The first-order valence-corrected chi connectivity index (χ1v) is 4.19. The number of nitriles is 1. The Labute approximate surface area is 93.1 Å². The number of hydrogen-bond acceptors (Lipinski definition) is 4. The first kappa shape index (κ1) is 12.8. The molecule has 0 amide bonds. The summed E-state index contributed by atoms with van der Waals surface area (Å²) in [5.74, 6) is -2.25. The molecule has 0 spiro atoms. The number of aliphatic carboxylic acids is 1. The second-order valence-electron chi connectivity index (χ2n) is 2.89. The highest BCUT2D eigenvalue weighted by atomic mass is 19.4. The van der Waals surface area contributed by atoms with Gasteiger partial charge in [0.15, 0.2) is 0 Å². The average molecular weight is 246 g/mol. The minimum absolute atomic E-state index is 0.256. The monoisotopic (exact) mass is 246 g/mol. The molecule has 17 heavy (non-hydrogen) atoms. The number of hydrogen-bond donors (Lipinski definition) is 1. The molecule has 1 aromatic rings. The number of carbonyl (C=O) groups is 1. The predicted octanol–water partition coefficient (Wildman–Crippen LogP) is 1.48. The molecule has 1 rings (SSSR count). The minimum atomic E-state index is -4.99. The molecule has 0 unspecified atom stereocenters. The van der Waals surface area contributed by atoms with E-state index in [0.29, 0.717) is 0 Å². The van der Waals surface area contributed by atoms with Crippen LogP contribution in [0.2, 0.25) is 0 Å². The smallest absolute Gasteiger partial charge is 0.481 e. The van der Waals surface area contributed by atoms with Gasteiger partial charge in [-0.15, -0.1) is 13.2 Å². The van der Waals surface area contributed by atoms with Crippen molar-refractivity contribution in [1.29, 1.82) is 5.26 Å². The Hall–Kier alpha value is -2.30. The molecule has 0 saturated heterocycles. The van der Waals surface area contributed by atoms with Gasteiger partial charge < -0.3 is 9.84 Å². The van der Waals surface area contributed by atoms with Crippen molar-refractivity contribution in [3.8, 4) is 11.9 Å². The molecule has 0 radical (unpaired) electrons. The third kappa shape index (κ3) is 3.98. The van der Waals surface area contributed by atoms with Crippen LogP contribution in [-0.4, -0.2) is 22.4 Å². The molecule has 1 N–H and O–H groups in total. The van der Waals surface area contributed by atoms with Crippen LogP contribution in [0.4, 0.5) is 13.2 Å². The van der Waals surface area contributed by atoms with Crippen molar-refractivity contribution in [3.05, 3.63) is 23.4 Å². The molecule has 0 fully saturated rings. The van der Waals surface area contributed by atoms with Gasteiger partial charge in [-0.05, 0) is 6.07 Å². The van der Waals surface area contributed by atoms with Crippen molar-refractivity contribution in [2.75, 3.05) is 0 Å². The summed E-state index contributed by atoms with van der Waals surface area (Å²) in [5.41, 5.74) is -0.549. The molecular weight excluding hydrogens is 241 g/mol. The number of alkyl halides is 3. The Balaban J connectivity index is 3.12. The first-order valence-electron chi connectivity index (χ1n) is 4.19. The fourth-order valence-corrected chi connectivity index (χ4v) is 1.03. The van der Waals surface area contributed by atoms with Crippen LogP contribution in [0.25, 0.3) is 0 Å². The molecule has 0 aliphatic rings. The SMILES string of the molecule is N#Cc1ccc(CC(=O)O)c(OC(F)(F)F)n1. The van der Waals surface area contributed by atoms with Gasteiger partial charge in [-0.3, -0.25) is 4.79 Å². The number of rotatable bonds is 3. The minimum Gasteiger partial charge on any atom is -0.481 e. The lowest BCUT2D eigenvalue weighted by molar-refractivity contribution is -0.276. The van der Waals surface area contributed by atoms with Crippen molar-refractivity contribution in [2.45, 2.75) is 12.8 Å². The van der Waals surface area contributed by atoms with Gasteiger partial charge in [-0.25, -0.2) is 4.98 Å². The van der Waals surface area contributed by atoms with E-state index in [1.165, 1.54) is 6.07 Å². The Morgan fingerprint density at radius 1 is 1.53 bits per heavy atom. The van der Waals surface area contributed by atoms with E-state index in [1.54, 1.807) is 0 Å². The van der Waals surface area contributed by atoms with Gasteiger partial charge >= 0.3 is 12.3 Å². The van der Waals surface area contributed by atoms with E-state index in [2.05, 4.69) is 9.72 Å². The second-order valence-corrected chi connectivity index (χ2v) is 2.89. The van der Waals surface area contributed by atoms with Gasteiger partial charge in [0, 0.05) is 5.56 Å². The Kier molecular flexibility index (Phi) is 3.52. The topological polar surface area (TPSA) is 83.2 Å². The van der Waals surface area contributed by atoms with Crippen LogP contribution >= 0.6 is 0 Å². The van der Waals surface area contributed by atoms with E-state index >= 15 is 0 Å². The van der Waals surface area contributed by atoms with Crippen LogP contribution in [-0.2, 0) is 11.2 Å². The van der Waals surface area contributed by atoms with Gasteiger partial charge in [-0.1, -0.05) is 6.07 Å². The van der Waals surface area contributed by atoms with Crippen molar-refractivity contribution in [2.24, 2.45) is 0 Å². The highest BCUT2D eigenvalue weighted by molar-refractivity contribution is 5.71. The number of carboxylic acid groups (broad SMARTS) is 1. The maximum Gasteiger partial charge on any atom is 0.574 e. The van der Waals surface area contributed by atoms with E-state index < -0.39 is 24.6 Å². The lowest BCUT2D eigenvalue weighted by Crippen LogP contribution is -2.20. The van der Waals surface area contributed by atoms with E-state index in [4.69, 9.17) is 10.4 Å². The zero-order valence-electron chi connectivity index (χ0n) is 8.15. The van der Waals surface area contributed by atoms with E-state index in [1.807, 2.05) is 0 Å². The van der Waals surface area contributed by atoms with E-state index in [-0.39, 0.29) is 11.3 Å². The van der Waals surface area contributed by atoms with Crippen LogP contribution in [0.15, 0.2) is 12.1 Å². The van der Waals surface area contributed by atoms with Gasteiger partial charge in [0.05, 0.1) is 6.42 Å². The summed E-state index contributed by atoms with van der Waals surface area (Å²) in [4.78, 5) is 13.7. The number of aromatic nitrogens is 1. The highest BCUT2D eigenvalue weighted by Crippen LogP contribution is 2.25. The fourth-order valence-electron chi connectivity index (χ4n) is 1.03. The molecule has 8 heteroatoms. The maximum absolute atomic E-state index is 12.0. The van der Waals surface area contributed by atoms with Gasteiger partial charge in [0.2, 0.25) is 5.88 Å². The highest BCUT2D eigenvalue weighted by Gasteiger charge is 2.33. The Bertz CT molecular complexity index is 479. The van der Waals surface area contributed by atoms with Gasteiger partial charge in [0.1, 0.15) is 11.8 Å². The van der Waals surface area contributed by atoms with Crippen LogP contribution in [0.3, 0.4) is 0 Å². The van der Waals surface area contributed by atoms with Crippen LogP contribution in [0.5, 0.6) is 5.88 Å². The summed E-state index contributed by atoms with van der Waals surface area (Å²) >= 11 is 0. The van der Waals surface area contributed by atoms with Crippen LogP contribution in [0.1, 0.15) is 11.3 Å². The third-order valence-corrected chi connectivity index (χ3v) is 1.61. The van der Waals surface area contributed by atoms with Crippen molar-refractivity contribution in [1.82, 2.24) is 4.98 Å². The summed E-state index contributed by atoms with van der Waals surface area (Å²) in [6.45, 7) is 0. The molecule has 1 heterocycles. The standard InChI is InChI=1S/C9H5F3N2O3/c10-9(11,12)17-8-5(3-7(15)16)1-2-6(4-13)14-8/h1-2H,3H2,(H,15,16). The zero-order chi connectivity index (χ0) is 13.1. The molecule has 1 aromatic heterocycles. The quantitative estimate of drug-likeness (QED) is 0.873. The molecule has 5 nitrogen and oxygen atoms in total. The van der Waals surface area contributed by atoms with Gasteiger partial charge in [-0.2, -0.15) is 5.26 Å². The number of nitrogens with zero attached hydrogens (tertiary/aromatic N) is 2. The Morgan fingerprint density at radius 2 is 2.18 bits per heavy atom. The number of ether oxygens (including phenoxy) is 1. The van der Waals surface area contributed by atoms with E-state index in [9.17, 15) is 18.0 Å². The summed E-state index contributed by atoms with van der Waals surface area (Å²) in [6, 6.07) is 3.70. The number of halogens is 3. The zero-order valence-corrected chi connectivity index (χ0v) is 8.15. The molecule has 0 bridgehead atoms. The number of carboxylic acids is 1. The second kappa shape index (κ2) is 4.69. The molecule has 0 atom stereocenters. The lowest BCUT2D eigenvalue weighted by Gasteiger charge is -2.11. The van der Waals surface area contributed by atoms with Crippen LogP contribution < -0.4 is 4.74 Å². The molecule has 0 saturated carbocycles. The largest absolute Gasteiger partial charge is 0.574 e. The molecule has 0 aromatic carbocycles. The Morgan fingerprint density at radius 3 is 2.65 bits per heavy atom. The fraction of sp³-hybridized carbons (Fsp3) is 0.222.